The van der Waals surface area contributed by atoms with Crippen molar-refractivity contribution < 1.29 is 28.7 Å². The Kier molecular flexibility index (Phi) is 11.4. The Morgan fingerprint density at radius 2 is 1.76 bits per heavy atom. The van der Waals surface area contributed by atoms with E-state index in [-0.39, 0.29) is 42.1 Å². The molecule has 0 radical (unpaired) electrons. The zero-order valence-electron chi connectivity index (χ0n) is 35.8. The van der Waals surface area contributed by atoms with Crippen LogP contribution in [0.15, 0.2) is 67.0 Å². The molecule has 2 N–H and O–H groups in total. The van der Waals surface area contributed by atoms with Gasteiger partial charge in [0.25, 0.3) is 11.8 Å². The monoisotopic (exact) mass is 852 g/mol. The first-order chi connectivity index (χ1) is 30.4. The van der Waals surface area contributed by atoms with E-state index in [0.29, 0.717) is 60.2 Å². The van der Waals surface area contributed by atoms with Crippen LogP contribution in [0.4, 0.5) is 22.0 Å². The van der Waals surface area contributed by atoms with Crippen LogP contribution in [-0.4, -0.2) is 124 Å². The molecule has 1 saturated carbocycles. The van der Waals surface area contributed by atoms with Crippen LogP contribution in [0.1, 0.15) is 85.6 Å². The second-order valence-corrected chi connectivity index (χ2v) is 17.7. The molecule has 4 aromatic rings. The van der Waals surface area contributed by atoms with Crippen LogP contribution in [0.25, 0.3) is 10.9 Å². The summed E-state index contributed by atoms with van der Waals surface area (Å²) in [6, 6.07) is 18.4. The van der Waals surface area contributed by atoms with Crippen molar-refractivity contribution in [1.29, 1.82) is 5.26 Å². The Morgan fingerprint density at radius 1 is 0.968 bits per heavy atom. The summed E-state index contributed by atoms with van der Waals surface area (Å²) >= 11 is 0. The number of carbonyl (C=O) groups excluding carboxylic acids is 5. The topological polar surface area (TPSA) is 184 Å². The van der Waals surface area contributed by atoms with Crippen molar-refractivity contribution in [2.75, 3.05) is 54.4 Å². The Hall–Kier alpha value is -6.60. The Morgan fingerprint density at radius 3 is 2.48 bits per heavy atom. The fraction of sp³-hybridized carbons (Fsp3) is 0.447. The average molecular weight is 853 g/mol. The van der Waals surface area contributed by atoms with E-state index in [0.717, 1.165) is 67.1 Å². The lowest BCUT2D eigenvalue weighted by atomic mass is 9.85. The maximum atomic E-state index is 13.4. The molecule has 6 amide bonds. The lowest BCUT2D eigenvalue weighted by molar-refractivity contribution is -0.136. The number of hydrogen-bond acceptors (Lipinski definition) is 12. The van der Waals surface area contributed by atoms with Crippen LogP contribution in [0.3, 0.4) is 0 Å². The van der Waals surface area contributed by atoms with Gasteiger partial charge in [0.1, 0.15) is 29.8 Å². The van der Waals surface area contributed by atoms with Gasteiger partial charge in [-0.15, -0.1) is 0 Å². The number of nitrogens with one attached hydrogen (secondary N) is 2. The molecule has 1 aliphatic carbocycles. The molecule has 2 aromatic heterocycles. The smallest absolute Gasteiger partial charge is 0.322 e. The maximum absolute atomic E-state index is 13.4. The Labute approximate surface area is 366 Å². The average Bonchev–Trinajstić information content (AvgIpc) is 3.51. The lowest BCUT2D eigenvalue weighted by Crippen LogP contribution is -2.54. The molecule has 3 saturated heterocycles. The van der Waals surface area contributed by atoms with E-state index < -0.39 is 29.7 Å². The minimum absolute atomic E-state index is 0.0127. The molecule has 2 atom stereocenters. The predicted octanol–water partition coefficient (Wildman–Crippen LogP) is 5.18. The molecule has 0 bridgehead atoms. The Balaban J connectivity index is 0.724. The van der Waals surface area contributed by atoms with Crippen LogP contribution in [0.2, 0.25) is 0 Å². The van der Waals surface area contributed by atoms with Gasteiger partial charge in [-0.3, -0.25) is 39.3 Å². The van der Waals surface area contributed by atoms with Gasteiger partial charge >= 0.3 is 6.03 Å². The molecule has 5 aliphatic rings. The summed E-state index contributed by atoms with van der Waals surface area (Å²) in [5, 5.41) is 15.8. The fourth-order valence-corrected chi connectivity index (χ4v) is 9.89. The van der Waals surface area contributed by atoms with Crippen molar-refractivity contribution >= 4 is 57.8 Å². The number of benzene rings is 2. The number of urea groups is 1. The van der Waals surface area contributed by atoms with E-state index in [4.69, 9.17) is 9.72 Å². The number of piperazine rings is 1. The van der Waals surface area contributed by atoms with Crippen molar-refractivity contribution in [3.63, 3.8) is 0 Å². The standard InChI is InChI=1S/C47H52N10O6/c1-28(2)56(33-21-35(22-33)63-34-8-9-36-38(23-34)46(61)57(45(36)60)40-11-13-42(58)52-44(40)59)27-30-14-17-53(18-15-30)41-12-7-32(25-50-41)51-47(62)54-19-20-55(29(3)26-54)39-10-6-31(24-48)43-37(39)5-4-16-49-43/h4-10,12,16,23,25,28-30,33,35,40H,11,13-15,17-22,26-27H2,1-3H3,(H,51,62)(H,52,58,59)/t29-,33-,35-,40?/m0/s1. The van der Waals surface area contributed by atoms with E-state index in [9.17, 15) is 29.2 Å². The molecule has 16 heteroatoms. The number of amides is 6. The van der Waals surface area contributed by atoms with E-state index in [1.807, 2.05) is 41.3 Å². The highest BCUT2D eigenvalue weighted by Gasteiger charge is 2.45. The number of piperidine rings is 2. The third kappa shape index (κ3) is 8.25. The number of fused-ring (bicyclic) bond motifs is 2. The molecule has 4 fully saturated rings. The van der Waals surface area contributed by atoms with Gasteiger partial charge in [-0.25, -0.2) is 9.78 Å². The summed E-state index contributed by atoms with van der Waals surface area (Å²) in [5.74, 6) is -0.133. The van der Waals surface area contributed by atoms with E-state index >= 15 is 0 Å². The molecule has 63 heavy (non-hydrogen) atoms. The van der Waals surface area contributed by atoms with Crippen LogP contribution < -0.4 is 25.2 Å². The van der Waals surface area contributed by atoms with Crippen molar-refractivity contribution in [1.82, 2.24) is 30.0 Å². The number of nitriles is 1. The van der Waals surface area contributed by atoms with Crippen LogP contribution in [0.5, 0.6) is 5.75 Å². The molecule has 1 unspecified atom stereocenters. The van der Waals surface area contributed by atoms with Gasteiger partial charge in [-0.2, -0.15) is 5.26 Å². The summed E-state index contributed by atoms with van der Waals surface area (Å²) in [7, 11) is 0. The van der Waals surface area contributed by atoms with Crippen LogP contribution in [0, 0.1) is 17.2 Å². The van der Waals surface area contributed by atoms with Gasteiger partial charge in [-0.05, 0) is 101 Å². The van der Waals surface area contributed by atoms with Crippen molar-refractivity contribution in [3.8, 4) is 11.8 Å². The highest BCUT2D eigenvalue weighted by atomic mass is 16.5. The third-order valence-electron chi connectivity index (χ3n) is 13.4. The Bertz CT molecular complexity index is 2490. The van der Waals surface area contributed by atoms with Gasteiger partial charge in [0.05, 0.1) is 34.1 Å². The lowest BCUT2D eigenvalue weighted by Gasteiger charge is -2.46. The molecule has 0 spiro atoms. The van der Waals surface area contributed by atoms with Crippen molar-refractivity contribution in [2.24, 2.45) is 5.92 Å². The summed E-state index contributed by atoms with van der Waals surface area (Å²) < 4.78 is 6.31. The first-order valence-corrected chi connectivity index (χ1v) is 22.0. The number of ether oxygens (including phenoxy) is 1. The zero-order valence-corrected chi connectivity index (χ0v) is 35.8. The van der Waals surface area contributed by atoms with Crippen LogP contribution in [-0.2, 0) is 9.59 Å². The number of imide groups is 2. The number of carbonyl (C=O) groups is 5. The van der Waals surface area contributed by atoms with Gasteiger partial charge in [-0.1, -0.05) is 0 Å². The number of hydrogen-bond donors (Lipinski definition) is 2. The minimum Gasteiger partial charge on any atom is -0.490 e. The molecule has 326 valence electrons. The van der Waals surface area contributed by atoms with E-state index in [1.165, 1.54) is 0 Å². The second-order valence-electron chi connectivity index (χ2n) is 17.7. The largest absolute Gasteiger partial charge is 0.490 e. The molecule has 6 heterocycles. The summed E-state index contributed by atoms with van der Waals surface area (Å²) in [6.07, 6.45) is 7.43. The fourth-order valence-electron chi connectivity index (χ4n) is 9.89. The minimum atomic E-state index is -1.00. The summed E-state index contributed by atoms with van der Waals surface area (Å²) in [6.45, 7) is 11.2. The second kappa shape index (κ2) is 17.3. The van der Waals surface area contributed by atoms with E-state index in [2.05, 4.69) is 57.2 Å². The van der Waals surface area contributed by atoms with Gasteiger partial charge in [0.2, 0.25) is 11.8 Å². The first kappa shape index (κ1) is 41.7. The summed E-state index contributed by atoms with van der Waals surface area (Å²) in [5.41, 5.74) is 3.37. The highest BCUT2D eigenvalue weighted by Crippen LogP contribution is 2.36. The quantitative estimate of drug-likeness (QED) is 0.200. The molecular formula is C47H52N10O6. The first-order valence-electron chi connectivity index (χ1n) is 22.0. The van der Waals surface area contributed by atoms with Crippen molar-refractivity contribution in [2.45, 2.75) is 89.6 Å². The highest BCUT2D eigenvalue weighted by molar-refractivity contribution is 6.23. The zero-order chi connectivity index (χ0) is 43.9. The molecular weight excluding hydrogens is 801 g/mol. The SMILES string of the molecule is CC(C)N(CC1CCN(c2ccc(NC(=O)N3CCN(c4ccc(C#N)c5ncccc45)[C@@H](C)C3)cn2)CC1)[C@H]1C[C@H](Oc2ccc3c(c2)C(=O)N(C2CCC(=O)NC2=O)C3=O)C1. The molecule has 2 aromatic carbocycles. The van der Waals surface area contributed by atoms with Crippen molar-refractivity contribution in [3.05, 3.63) is 83.7 Å². The number of aromatic nitrogens is 2. The maximum Gasteiger partial charge on any atom is 0.322 e. The molecule has 4 aliphatic heterocycles. The molecule has 16 nitrogen and oxygen atoms in total. The summed E-state index contributed by atoms with van der Waals surface area (Å²) in [4.78, 5) is 83.0. The van der Waals surface area contributed by atoms with Crippen LogP contribution >= 0.6 is 0 Å². The van der Waals surface area contributed by atoms with Gasteiger partial charge in [0.15, 0.2) is 0 Å². The van der Waals surface area contributed by atoms with Gasteiger partial charge < -0.3 is 24.8 Å². The third-order valence-corrected chi connectivity index (χ3v) is 13.4. The number of anilines is 3. The molecule has 9 rings (SSSR count). The number of pyridine rings is 2. The van der Waals surface area contributed by atoms with E-state index in [1.54, 1.807) is 30.6 Å². The normalized spacial score (nSPS) is 22.9. The number of rotatable bonds is 10. The number of nitrogens with zero attached hydrogens (tertiary/aromatic N) is 8. The predicted molar refractivity (Wildman–Crippen MR) is 235 cm³/mol. The van der Waals surface area contributed by atoms with Gasteiger partial charge in [0, 0.05) is 93.9 Å².